The van der Waals surface area contributed by atoms with Crippen molar-refractivity contribution >= 4 is 33.6 Å². The Morgan fingerprint density at radius 3 is 2.56 bits per heavy atom. The molecule has 1 heterocycles. The van der Waals surface area contributed by atoms with Crippen LogP contribution in [0.25, 0.3) is 0 Å². The van der Waals surface area contributed by atoms with Gasteiger partial charge in [-0.25, -0.2) is 9.18 Å². The van der Waals surface area contributed by atoms with Gasteiger partial charge in [-0.3, -0.25) is 10.1 Å². The number of ether oxygens (including phenoxy) is 1. The lowest BCUT2D eigenvalue weighted by Gasteiger charge is -2.40. The number of amides is 2. The second-order valence-electron chi connectivity index (χ2n) is 5.87. The van der Waals surface area contributed by atoms with E-state index >= 15 is 0 Å². The third kappa shape index (κ3) is 3.36. The topological polar surface area (TPSA) is 81.4 Å². The molecule has 142 valence electrons. The van der Waals surface area contributed by atoms with E-state index < -0.39 is 36.0 Å². The summed E-state index contributed by atoms with van der Waals surface area (Å²) in [6.45, 7) is 0. The van der Waals surface area contributed by atoms with Gasteiger partial charge in [-0.2, -0.15) is 13.2 Å². The largest absolute Gasteiger partial charge is 0.433 e. The minimum absolute atomic E-state index is 0.116. The molecule has 2 aromatic rings. The summed E-state index contributed by atoms with van der Waals surface area (Å²) in [6.07, 6.45) is -7.40. The molecule has 0 fully saturated rings. The lowest BCUT2D eigenvalue weighted by Crippen LogP contribution is -2.52. The molecule has 1 atom stereocenters. The normalized spacial score (nSPS) is 19.1. The maximum absolute atomic E-state index is 14.1. The molecular formula is C17H11BrF4N2O3. The summed E-state index contributed by atoms with van der Waals surface area (Å²) in [5, 5.41) is 2.21. The Bertz CT molecular complexity index is 948. The molecule has 1 aliphatic heterocycles. The first-order valence-electron chi connectivity index (χ1n) is 7.48. The summed E-state index contributed by atoms with van der Waals surface area (Å²) in [7, 11) is 0. The summed E-state index contributed by atoms with van der Waals surface area (Å²) in [4.78, 5) is 23.4. The van der Waals surface area contributed by atoms with Crippen molar-refractivity contribution in [3.63, 3.8) is 0 Å². The van der Waals surface area contributed by atoms with Gasteiger partial charge in [-0.1, -0.05) is 22.0 Å². The predicted octanol–water partition coefficient (Wildman–Crippen LogP) is 4.25. The van der Waals surface area contributed by atoms with E-state index in [2.05, 4.69) is 21.2 Å². The second-order valence-corrected chi connectivity index (χ2v) is 6.79. The van der Waals surface area contributed by atoms with Gasteiger partial charge in [0.05, 0.1) is 5.69 Å². The number of alkyl halides is 3. The Morgan fingerprint density at radius 2 is 1.93 bits per heavy atom. The third-order valence-corrected chi connectivity index (χ3v) is 4.64. The van der Waals surface area contributed by atoms with Crippen molar-refractivity contribution in [1.29, 1.82) is 0 Å². The lowest BCUT2D eigenvalue weighted by atomic mass is 9.83. The molecule has 27 heavy (non-hydrogen) atoms. The van der Waals surface area contributed by atoms with Gasteiger partial charge in [0.2, 0.25) is 11.5 Å². The summed E-state index contributed by atoms with van der Waals surface area (Å²) < 4.78 is 61.2. The average Bonchev–Trinajstić information content (AvgIpc) is 2.52. The number of cyclic esters (lactones) is 1. The van der Waals surface area contributed by atoms with Crippen molar-refractivity contribution in [2.75, 3.05) is 5.32 Å². The number of carbonyl (C=O) groups excluding carboxylic acids is 2. The van der Waals surface area contributed by atoms with E-state index in [-0.39, 0.29) is 22.4 Å². The van der Waals surface area contributed by atoms with E-state index in [1.807, 2.05) is 0 Å². The predicted molar refractivity (Wildman–Crippen MR) is 90.6 cm³/mol. The highest BCUT2D eigenvalue weighted by atomic mass is 79.9. The van der Waals surface area contributed by atoms with Gasteiger partial charge >= 0.3 is 12.3 Å². The quantitative estimate of drug-likeness (QED) is 0.691. The van der Waals surface area contributed by atoms with E-state index in [9.17, 15) is 27.2 Å². The summed E-state index contributed by atoms with van der Waals surface area (Å²) in [5.74, 6) is -1.89. The molecule has 3 rings (SSSR count). The number of primary amides is 1. The highest BCUT2D eigenvalue weighted by Gasteiger charge is 2.62. The van der Waals surface area contributed by atoms with Crippen molar-refractivity contribution in [3.05, 3.63) is 63.4 Å². The highest BCUT2D eigenvalue weighted by Crippen LogP contribution is 2.50. The number of benzene rings is 2. The van der Waals surface area contributed by atoms with Gasteiger partial charge in [0, 0.05) is 22.0 Å². The number of nitrogens with two attached hydrogens (primary N) is 1. The minimum atomic E-state index is -5.06. The fourth-order valence-electron chi connectivity index (χ4n) is 2.98. The van der Waals surface area contributed by atoms with Crippen LogP contribution in [-0.4, -0.2) is 18.2 Å². The van der Waals surface area contributed by atoms with Crippen LogP contribution in [0.3, 0.4) is 0 Å². The summed E-state index contributed by atoms with van der Waals surface area (Å²) in [5.41, 5.74) is 0.952. The van der Waals surface area contributed by atoms with Crippen LogP contribution in [0, 0.1) is 5.82 Å². The second kappa shape index (κ2) is 6.52. The molecule has 0 aliphatic carbocycles. The zero-order chi connectivity index (χ0) is 20.0. The van der Waals surface area contributed by atoms with Crippen molar-refractivity contribution in [2.45, 2.75) is 18.2 Å². The number of anilines is 1. The third-order valence-electron chi connectivity index (χ3n) is 4.15. The molecule has 0 aromatic heterocycles. The number of hydrogen-bond donors (Lipinski definition) is 2. The Labute approximate surface area is 158 Å². The maximum atomic E-state index is 14.1. The van der Waals surface area contributed by atoms with E-state index in [1.54, 1.807) is 0 Å². The zero-order valence-corrected chi connectivity index (χ0v) is 14.9. The molecule has 1 aliphatic rings. The molecule has 3 N–H and O–H groups in total. The molecule has 10 heteroatoms. The smallest absolute Gasteiger partial charge is 0.428 e. The van der Waals surface area contributed by atoms with Crippen LogP contribution in [0.15, 0.2) is 40.9 Å². The minimum Gasteiger partial charge on any atom is -0.428 e. The van der Waals surface area contributed by atoms with Gasteiger partial charge in [0.1, 0.15) is 5.82 Å². The van der Waals surface area contributed by atoms with E-state index in [1.165, 1.54) is 12.1 Å². The molecule has 2 aromatic carbocycles. The fourth-order valence-corrected chi connectivity index (χ4v) is 3.34. The van der Waals surface area contributed by atoms with Crippen molar-refractivity contribution in [3.8, 4) is 0 Å². The number of hydrogen-bond acceptors (Lipinski definition) is 3. The highest BCUT2D eigenvalue weighted by molar-refractivity contribution is 9.10. The standard InChI is InChI=1S/C17H11BrF4N2O3/c18-9-1-4-12-13(6-9)24-15(26)27-16(12,17(20,21)22)7-8-5-10(19)2-3-11(8)14(23)25/h1-6H,7H2,(H2,23,25)(H,24,26). The van der Waals surface area contributed by atoms with Crippen LogP contribution in [-0.2, 0) is 16.8 Å². The molecule has 0 bridgehead atoms. The molecule has 2 amide bonds. The van der Waals surface area contributed by atoms with Gasteiger partial charge in [-0.15, -0.1) is 0 Å². The van der Waals surface area contributed by atoms with Crippen LogP contribution in [0.5, 0.6) is 0 Å². The first-order valence-corrected chi connectivity index (χ1v) is 8.28. The monoisotopic (exact) mass is 446 g/mol. The van der Waals surface area contributed by atoms with Gasteiger partial charge in [-0.05, 0) is 35.9 Å². The molecule has 0 saturated carbocycles. The Hall–Kier alpha value is -2.62. The Balaban J connectivity index is 2.25. The van der Waals surface area contributed by atoms with Crippen LogP contribution in [0.1, 0.15) is 21.5 Å². The van der Waals surface area contributed by atoms with Crippen LogP contribution in [0.4, 0.5) is 28.0 Å². The number of carbonyl (C=O) groups is 2. The van der Waals surface area contributed by atoms with Crippen molar-refractivity contribution < 1.29 is 31.9 Å². The molecule has 0 radical (unpaired) electrons. The van der Waals surface area contributed by atoms with Crippen molar-refractivity contribution in [1.82, 2.24) is 0 Å². The SMILES string of the molecule is NC(=O)c1ccc(F)cc1CC1(C(F)(F)F)OC(=O)Nc2cc(Br)ccc21. The average molecular weight is 447 g/mol. The van der Waals surface area contributed by atoms with Crippen LogP contribution in [0.2, 0.25) is 0 Å². The van der Waals surface area contributed by atoms with Crippen molar-refractivity contribution in [2.24, 2.45) is 5.73 Å². The first-order chi connectivity index (χ1) is 12.5. The maximum Gasteiger partial charge on any atom is 0.433 e. The Morgan fingerprint density at radius 1 is 1.22 bits per heavy atom. The summed E-state index contributed by atoms with van der Waals surface area (Å²) in [6, 6.07) is 6.43. The lowest BCUT2D eigenvalue weighted by molar-refractivity contribution is -0.264. The van der Waals surface area contributed by atoms with E-state index in [0.717, 1.165) is 24.3 Å². The molecule has 0 saturated heterocycles. The molecule has 1 unspecified atom stereocenters. The molecular weight excluding hydrogens is 436 g/mol. The Kier molecular flexibility index (Phi) is 4.62. The van der Waals surface area contributed by atoms with Gasteiger partial charge in [0.15, 0.2) is 0 Å². The number of nitrogens with one attached hydrogen (secondary N) is 1. The van der Waals surface area contributed by atoms with E-state index in [0.29, 0.717) is 4.47 Å². The fraction of sp³-hybridized carbons (Fsp3) is 0.176. The number of halogens is 5. The summed E-state index contributed by atoms with van der Waals surface area (Å²) >= 11 is 3.12. The van der Waals surface area contributed by atoms with E-state index in [4.69, 9.17) is 10.5 Å². The van der Waals surface area contributed by atoms with Crippen LogP contribution >= 0.6 is 15.9 Å². The van der Waals surface area contributed by atoms with Gasteiger partial charge in [0.25, 0.3) is 0 Å². The number of rotatable bonds is 3. The molecule has 5 nitrogen and oxygen atoms in total. The first kappa shape index (κ1) is 19.2. The zero-order valence-electron chi connectivity index (χ0n) is 13.4. The molecule has 0 spiro atoms. The number of fused-ring (bicyclic) bond motifs is 1. The van der Waals surface area contributed by atoms with Crippen LogP contribution < -0.4 is 11.1 Å². The van der Waals surface area contributed by atoms with Gasteiger partial charge < -0.3 is 10.5 Å².